The van der Waals surface area contributed by atoms with Gasteiger partial charge >= 0.3 is 0 Å². The number of benzene rings is 1. The first-order valence-electron chi connectivity index (χ1n) is 4.90. The first-order valence-corrected chi connectivity index (χ1v) is 6.02. The summed E-state index contributed by atoms with van der Waals surface area (Å²) in [5.74, 6) is -1.66. The van der Waals surface area contributed by atoms with E-state index in [0.717, 1.165) is 17.8 Å². The molecule has 1 aromatic rings. The van der Waals surface area contributed by atoms with Crippen LogP contribution in [0.3, 0.4) is 0 Å². The van der Waals surface area contributed by atoms with E-state index in [9.17, 15) is 14.3 Å². The van der Waals surface area contributed by atoms with Gasteiger partial charge in [0.1, 0.15) is 17.1 Å². The lowest BCUT2D eigenvalue weighted by molar-refractivity contribution is 0.0932. The molecule has 1 amide bonds. The Morgan fingerprint density at radius 3 is 2.88 bits per heavy atom. The summed E-state index contributed by atoms with van der Waals surface area (Å²) < 4.78 is 13.3. The van der Waals surface area contributed by atoms with Crippen molar-refractivity contribution < 1.29 is 14.3 Å². The molecule has 0 fully saturated rings. The van der Waals surface area contributed by atoms with Crippen LogP contribution >= 0.6 is 15.9 Å². The second-order valence-corrected chi connectivity index (χ2v) is 4.28. The SMILES string of the molecule is CC(CCBr)NC(=O)c1c(O)cccc1F. The highest BCUT2D eigenvalue weighted by Crippen LogP contribution is 2.19. The number of carbonyl (C=O) groups excluding carboxylic acids is 1. The zero-order valence-corrected chi connectivity index (χ0v) is 10.4. The number of halogens is 2. The average molecular weight is 290 g/mol. The fraction of sp³-hybridized carbons (Fsp3) is 0.364. The standard InChI is InChI=1S/C11H13BrFNO2/c1-7(5-6-12)14-11(16)10-8(13)3-2-4-9(10)15/h2-4,7,15H,5-6H2,1H3,(H,14,16). The molecule has 0 saturated carbocycles. The second-order valence-electron chi connectivity index (χ2n) is 3.49. The van der Waals surface area contributed by atoms with E-state index in [1.54, 1.807) is 0 Å². The number of carbonyl (C=O) groups is 1. The lowest BCUT2D eigenvalue weighted by Gasteiger charge is -2.13. The van der Waals surface area contributed by atoms with Gasteiger partial charge in [0, 0.05) is 11.4 Å². The van der Waals surface area contributed by atoms with Crippen LogP contribution in [0.2, 0.25) is 0 Å². The molecule has 1 aromatic carbocycles. The van der Waals surface area contributed by atoms with Crippen molar-refractivity contribution >= 4 is 21.8 Å². The van der Waals surface area contributed by atoms with Crippen molar-refractivity contribution in [2.45, 2.75) is 19.4 Å². The molecule has 16 heavy (non-hydrogen) atoms. The molecule has 88 valence electrons. The third-order valence-corrected chi connectivity index (χ3v) is 2.60. The van der Waals surface area contributed by atoms with Crippen LogP contribution in [0.1, 0.15) is 23.7 Å². The number of rotatable bonds is 4. The van der Waals surface area contributed by atoms with E-state index in [1.165, 1.54) is 12.1 Å². The average Bonchev–Trinajstić information content (AvgIpc) is 2.17. The molecule has 3 nitrogen and oxygen atoms in total. The normalized spacial score (nSPS) is 12.2. The molecule has 0 aliphatic carbocycles. The summed E-state index contributed by atoms with van der Waals surface area (Å²) in [6.45, 7) is 1.82. The summed E-state index contributed by atoms with van der Waals surface area (Å²) in [6.07, 6.45) is 0.737. The molecule has 2 N–H and O–H groups in total. The fourth-order valence-corrected chi connectivity index (χ4v) is 1.96. The first kappa shape index (κ1) is 13.0. The Balaban J connectivity index is 2.80. The predicted molar refractivity (Wildman–Crippen MR) is 63.4 cm³/mol. The quantitative estimate of drug-likeness (QED) is 0.837. The number of aromatic hydroxyl groups is 1. The van der Waals surface area contributed by atoms with Crippen LogP contribution in [0.5, 0.6) is 5.75 Å². The number of alkyl halides is 1. The summed E-state index contributed by atoms with van der Waals surface area (Å²) >= 11 is 3.25. The van der Waals surface area contributed by atoms with Gasteiger partial charge in [0.2, 0.25) is 0 Å². The third kappa shape index (κ3) is 3.20. The molecule has 1 atom stereocenters. The molecule has 0 aliphatic heterocycles. The topological polar surface area (TPSA) is 49.3 Å². The Labute approximate surface area is 102 Å². The molecular weight excluding hydrogens is 277 g/mol. The second kappa shape index (κ2) is 5.84. The Kier molecular flexibility index (Phi) is 4.73. The Bertz CT molecular complexity index is 364. The van der Waals surface area contributed by atoms with Gasteiger partial charge in [0.05, 0.1) is 0 Å². The maximum atomic E-state index is 13.3. The molecule has 0 heterocycles. The van der Waals surface area contributed by atoms with Gasteiger partial charge < -0.3 is 10.4 Å². The summed E-state index contributed by atoms with van der Waals surface area (Å²) in [7, 11) is 0. The number of hydrogen-bond acceptors (Lipinski definition) is 2. The highest BCUT2D eigenvalue weighted by molar-refractivity contribution is 9.09. The monoisotopic (exact) mass is 289 g/mol. The maximum absolute atomic E-state index is 13.3. The van der Waals surface area contributed by atoms with E-state index < -0.39 is 11.7 Å². The van der Waals surface area contributed by atoms with E-state index >= 15 is 0 Å². The first-order chi connectivity index (χ1) is 7.56. The van der Waals surface area contributed by atoms with Crippen LogP contribution in [-0.4, -0.2) is 22.4 Å². The maximum Gasteiger partial charge on any atom is 0.258 e. The zero-order chi connectivity index (χ0) is 12.1. The highest BCUT2D eigenvalue weighted by atomic mass is 79.9. The van der Waals surface area contributed by atoms with E-state index in [0.29, 0.717) is 0 Å². The van der Waals surface area contributed by atoms with E-state index in [1.807, 2.05) is 6.92 Å². The van der Waals surface area contributed by atoms with E-state index in [4.69, 9.17) is 0 Å². The molecule has 0 radical (unpaired) electrons. The summed E-state index contributed by atoms with van der Waals surface area (Å²) in [6, 6.07) is 3.70. The summed E-state index contributed by atoms with van der Waals surface area (Å²) in [5.41, 5.74) is -0.302. The van der Waals surface area contributed by atoms with Gasteiger partial charge in [-0.25, -0.2) is 4.39 Å². The Morgan fingerprint density at radius 2 is 2.31 bits per heavy atom. The molecule has 0 aromatic heterocycles. The van der Waals surface area contributed by atoms with E-state index in [2.05, 4.69) is 21.2 Å². The molecule has 0 aliphatic rings. The molecule has 1 unspecified atom stereocenters. The van der Waals surface area contributed by atoms with E-state index in [-0.39, 0.29) is 17.4 Å². The minimum atomic E-state index is -0.719. The fourth-order valence-electron chi connectivity index (χ4n) is 1.27. The zero-order valence-electron chi connectivity index (χ0n) is 8.84. The lowest BCUT2D eigenvalue weighted by atomic mass is 10.1. The third-order valence-electron chi connectivity index (χ3n) is 2.14. The van der Waals surface area contributed by atoms with Crippen LogP contribution in [0.25, 0.3) is 0 Å². The number of amides is 1. The van der Waals surface area contributed by atoms with Crippen LogP contribution < -0.4 is 5.32 Å². The van der Waals surface area contributed by atoms with Gasteiger partial charge in [-0.2, -0.15) is 0 Å². The van der Waals surface area contributed by atoms with Crippen molar-refractivity contribution in [1.29, 1.82) is 0 Å². The minimum Gasteiger partial charge on any atom is -0.507 e. The molecule has 0 saturated heterocycles. The van der Waals surface area contributed by atoms with Crippen molar-refractivity contribution in [3.05, 3.63) is 29.6 Å². The van der Waals surface area contributed by atoms with Crippen LogP contribution in [0.4, 0.5) is 4.39 Å². The van der Waals surface area contributed by atoms with Gasteiger partial charge in [-0.15, -0.1) is 0 Å². The molecular formula is C11H13BrFNO2. The largest absolute Gasteiger partial charge is 0.507 e. The summed E-state index contributed by atoms with van der Waals surface area (Å²) in [5, 5.41) is 12.8. The van der Waals surface area contributed by atoms with Gasteiger partial charge in [0.25, 0.3) is 5.91 Å². The number of phenolic OH excluding ortho intramolecular Hbond substituents is 1. The van der Waals surface area contributed by atoms with Crippen LogP contribution in [0.15, 0.2) is 18.2 Å². The predicted octanol–water partition coefficient (Wildman–Crippen LogP) is 2.43. The smallest absolute Gasteiger partial charge is 0.258 e. The summed E-state index contributed by atoms with van der Waals surface area (Å²) in [4.78, 5) is 11.6. The Morgan fingerprint density at radius 1 is 1.62 bits per heavy atom. The van der Waals surface area contributed by atoms with Crippen molar-refractivity contribution in [3.63, 3.8) is 0 Å². The Hall–Kier alpha value is -1.10. The number of nitrogens with one attached hydrogen (secondary N) is 1. The molecule has 5 heteroatoms. The van der Waals surface area contributed by atoms with Gasteiger partial charge in [-0.3, -0.25) is 4.79 Å². The van der Waals surface area contributed by atoms with Gasteiger partial charge in [0.15, 0.2) is 0 Å². The van der Waals surface area contributed by atoms with Crippen molar-refractivity contribution in [2.24, 2.45) is 0 Å². The van der Waals surface area contributed by atoms with Gasteiger partial charge in [-0.1, -0.05) is 22.0 Å². The van der Waals surface area contributed by atoms with Crippen molar-refractivity contribution in [1.82, 2.24) is 5.32 Å². The molecule has 1 rings (SSSR count). The molecule has 0 spiro atoms. The van der Waals surface area contributed by atoms with Crippen LogP contribution in [0, 0.1) is 5.82 Å². The number of hydrogen-bond donors (Lipinski definition) is 2. The minimum absolute atomic E-state index is 0.0779. The number of phenols is 1. The molecule has 0 bridgehead atoms. The lowest BCUT2D eigenvalue weighted by Crippen LogP contribution is -2.33. The van der Waals surface area contributed by atoms with Gasteiger partial charge in [-0.05, 0) is 25.5 Å². The van der Waals surface area contributed by atoms with Crippen molar-refractivity contribution in [3.8, 4) is 5.75 Å². The van der Waals surface area contributed by atoms with Crippen molar-refractivity contribution in [2.75, 3.05) is 5.33 Å². The highest BCUT2D eigenvalue weighted by Gasteiger charge is 2.17. The van der Waals surface area contributed by atoms with Crippen LogP contribution in [-0.2, 0) is 0 Å².